The zero-order chi connectivity index (χ0) is 17.9. The quantitative estimate of drug-likeness (QED) is 0.522. The van der Waals surface area contributed by atoms with Crippen molar-refractivity contribution in [2.45, 2.75) is 39.2 Å². The average Bonchev–Trinajstić information content (AvgIpc) is 2.54. The Bertz CT molecular complexity index is 422. The van der Waals surface area contributed by atoms with Crippen LogP contribution in [0.4, 0.5) is 4.79 Å². The molecule has 1 saturated heterocycles. The molecule has 0 aromatic rings. The molecule has 0 bridgehead atoms. The molecule has 8 heteroatoms. The monoisotopic (exact) mass is 342 g/mol. The molecular weight excluding hydrogens is 312 g/mol. The average molecular weight is 342 g/mol. The highest BCUT2D eigenvalue weighted by atomic mass is 16.4. The third-order valence-corrected chi connectivity index (χ3v) is 4.11. The van der Waals surface area contributed by atoms with Crippen molar-refractivity contribution in [3.8, 4) is 0 Å². The molecule has 0 aliphatic carbocycles. The third kappa shape index (κ3) is 8.26. The number of rotatable bonds is 10. The van der Waals surface area contributed by atoms with Crippen molar-refractivity contribution in [1.82, 2.24) is 20.4 Å². The van der Waals surface area contributed by atoms with Crippen molar-refractivity contribution in [1.29, 1.82) is 0 Å². The van der Waals surface area contributed by atoms with Crippen LogP contribution in [0, 0.1) is 0 Å². The summed E-state index contributed by atoms with van der Waals surface area (Å²) in [4.78, 5) is 38.3. The summed E-state index contributed by atoms with van der Waals surface area (Å²) in [5.74, 6) is -0.744. The molecule has 1 heterocycles. The maximum Gasteiger partial charge on any atom is 0.325 e. The van der Waals surface area contributed by atoms with Gasteiger partial charge in [-0.05, 0) is 13.3 Å². The number of hydrogen-bond donors (Lipinski definition) is 3. The topological polar surface area (TPSA) is 102 Å². The van der Waals surface area contributed by atoms with Gasteiger partial charge in [-0.15, -0.1) is 0 Å². The predicted octanol–water partition coefficient (Wildman–Crippen LogP) is 0.136. The van der Waals surface area contributed by atoms with Crippen LogP contribution < -0.4 is 10.6 Å². The normalized spacial score (nSPS) is 17.2. The highest BCUT2D eigenvalue weighted by Crippen LogP contribution is 2.03. The minimum atomic E-state index is -1.06. The van der Waals surface area contributed by atoms with Gasteiger partial charge in [0.15, 0.2) is 0 Å². The zero-order valence-electron chi connectivity index (χ0n) is 14.7. The highest BCUT2D eigenvalue weighted by molar-refractivity contribution is 5.82. The molecule has 8 nitrogen and oxygen atoms in total. The molecule has 24 heavy (non-hydrogen) atoms. The number of unbranched alkanes of at least 4 members (excludes halogenated alkanes) is 1. The summed E-state index contributed by atoms with van der Waals surface area (Å²) < 4.78 is 0. The summed E-state index contributed by atoms with van der Waals surface area (Å²) in [7, 11) is 0. The number of ketones is 1. The number of nitrogens with zero attached hydrogens (tertiary/aromatic N) is 2. The number of carboxylic acids is 1. The van der Waals surface area contributed by atoms with Crippen LogP contribution in [0.15, 0.2) is 0 Å². The molecule has 0 unspecified atom stereocenters. The van der Waals surface area contributed by atoms with Gasteiger partial charge in [0.2, 0.25) is 0 Å². The second kappa shape index (κ2) is 11.0. The largest absolute Gasteiger partial charge is 0.480 e. The van der Waals surface area contributed by atoms with E-state index in [2.05, 4.69) is 27.4 Å². The molecule has 1 fully saturated rings. The molecule has 0 spiro atoms. The minimum Gasteiger partial charge on any atom is -0.480 e. The summed E-state index contributed by atoms with van der Waals surface area (Å²) >= 11 is 0. The van der Waals surface area contributed by atoms with Crippen LogP contribution in [0.3, 0.4) is 0 Å². The lowest BCUT2D eigenvalue weighted by Crippen LogP contribution is -2.50. The van der Waals surface area contributed by atoms with Crippen LogP contribution in [0.1, 0.15) is 33.1 Å². The molecule has 138 valence electrons. The lowest BCUT2D eigenvalue weighted by Gasteiger charge is -2.34. The molecule has 3 N–H and O–H groups in total. The first-order valence-corrected chi connectivity index (χ1v) is 8.66. The van der Waals surface area contributed by atoms with Crippen LogP contribution in [-0.2, 0) is 9.59 Å². The number of urea groups is 1. The molecule has 1 aliphatic rings. The smallest absolute Gasteiger partial charge is 0.325 e. The van der Waals surface area contributed by atoms with Crippen LogP contribution in [-0.4, -0.2) is 84.5 Å². The lowest BCUT2D eigenvalue weighted by molar-refractivity contribution is -0.138. The Balaban J connectivity index is 2.12. The number of Topliss-reactive ketones (excluding diaryl/α,β-unsaturated/α-hetero) is 1. The summed E-state index contributed by atoms with van der Waals surface area (Å²) in [6, 6.07) is -1.37. The van der Waals surface area contributed by atoms with E-state index in [1.54, 1.807) is 0 Å². The minimum absolute atomic E-state index is 0.316. The van der Waals surface area contributed by atoms with Crippen molar-refractivity contribution in [3.05, 3.63) is 0 Å². The maximum atomic E-state index is 11.8. The summed E-state index contributed by atoms with van der Waals surface area (Å²) in [5, 5.41) is 13.7. The molecule has 0 saturated carbocycles. The van der Waals surface area contributed by atoms with Gasteiger partial charge in [-0.1, -0.05) is 13.3 Å². The van der Waals surface area contributed by atoms with E-state index in [0.29, 0.717) is 31.8 Å². The maximum absolute atomic E-state index is 11.8. The van der Waals surface area contributed by atoms with Crippen LogP contribution in [0.5, 0.6) is 0 Å². The first-order chi connectivity index (χ1) is 11.4. The van der Waals surface area contributed by atoms with Crippen LogP contribution >= 0.6 is 0 Å². The number of hydrogen-bond acceptors (Lipinski definition) is 5. The Kier molecular flexibility index (Phi) is 9.33. The molecule has 1 aliphatic heterocycles. The number of amides is 2. The highest BCUT2D eigenvalue weighted by Gasteiger charge is 2.19. The molecule has 0 radical (unpaired) electrons. The number of carboxylic acid groups (broad SMARTS) is 1. The molecular formula is C16H30N4O4. The van der Waals surface area contributed by atoms with Gasteiger partial charge < -0.3 is 15.7 Å². The SMILES string of the molecule is CCCCC(=O)CN1CCN(CCNC(=O)N[C@@H](C)C(=O)O)CC1. The number of carbonyl (C=O) groups is 3. The van der Waals surface area contributed by atoms with E-state index in [9.17, 15) is 14.4 Å². The van der Waals surface area contributed by atoms with E-state index in [-0.39, 0.29) is 0 Å². The van der Waals surface area contributed by atoms with Crippen molar-refractivity contribution in [2.75, 3.05) is 45.8 Å². The molecule has 0 aromatic heterocycles. The number of piperazine rings is 1. The number of carbonyl (C=O) groups excluding carboxylic acids is 2. The first-order valence-electron chi connectivity index (χ1n) is 8.66. The van der Waals surface area contributed by atoms with Gasteiger partial charge in [-0.25, -0.2) is 4.79 Å². The van der Waals surface area contributed by atoms with Crippen molar-refractivity contribution in [2.24, 2.45) is 0 Å². The Hall–Kier alpha value is -1.67. The van der Waals surface area contributed by atoms with Crippen LogP contribution in [0.2, 0.25) is 0 Å². The van der Waals surface area contributed by atoms with E-state index in [1.807, 2.05) is 0 Å². The Labute approximate surface area is 143 Å². The summed E-state index contributed by atoms with van der Waals surface area (Å²) in [6.07, 6.45) is 2.68. The molecule has 1 atom stereocenters. The van der Waals surface area contributed by atoms with Crippen molar-refractivity contribution in [3.63, 3.8) is 0 Å². The van der Waals surface area contributed by atoms with E-state index in [4.69, 9.17) is 5.11 Å². The van der Waals surface area contributed by atoms with Gasteiger partial charge in [0.25, 0.3) is 0 Å². The Morgan fingerprint density at radius 1 is 1.12 bits per heavy atom. The fraction of sp³-hybridized carbons (Fsp3) is 0.812. The van der Waals surface area contributed by atoms with Gasteiger partial charge in [-0.3, -0.25) is 19.4 Å². The zero-order valence-corrected chi connectivity index (χ0v) is 14.7. The van der Waals surface area contributed by atoms with Gasteiger partial charge in [0.05, 0.1) is 6.54 Å². The third-order valence-electron chi connectivity index (χ3n) is 4.11. The fourth-order valence-corrected chi connectivity index (χ4v) is 2.51. The van der Waals surface area contributed by atoms with Crippen molar-refractivity contribution >= 4 is 17.8 Å². The van der Waals surface area contributed by atoms with Crippen LogP contribution in [0.25, 0.3) is 0 Å². The van der Waals surface area contributed by atoms with Gasteiger partial charge in [0.1, 0.15) is 11.8 Å². The Morgan fingerprint density at radius 2 is 1.75 bits per heavy atom. The Morgan fingerprint density at radius 3 is 2.33 bits per heavy atom. The van der Waals surface area contributed by atoms with E-state index < -0.39 is 18.0 Å². The standard InChI is InChI=1S/C16H30N4O4/c1-3-4-5-14(21)12-20-10-8-19(9-11-20)7-6-17-16(24)18-13(2)15(22)23/h13H,3-12H2,1-2H3,(H,22,23)(H2,17,18,24)/t13-/m0/s1. The second-order valence-corrected chi connectivity index (χ2v) is 6.22. The molecule has 0 aromatic carbocycles. The van der Waals surface area contributed by atoms with Gasteiger partial charge in [0, 0.05) is 45.7 Å². The van der Waals surface area contributed by atoms with E-state index in [1.165, 1.54) is 6.92 Å². The summed E-state index contributed by atoms with van der Waals surface area (Å²) in [5.41, 5.74) is 0. The predicted molar refractivity (Wildman–Crippen MR) is 91.0 cm³/mol. The number of aliphatic carboxylic acids is 1. The van der Waals surface area contributed by atoms with Crippen molar-refractivity contribution < 1.29 is 19.5 Å². The molecule has 2 amide bonds. The number of nitrogens with one attached hydrogen (secondary N) is 2. The van der Waals surface area contributed by atoms with E-state index in [0.717, 1.165) is 39.0 Å². The van der Waals surface area contributed by atoms with Gasteiger partial charge in [-0.2, -0.15) is 0 Å². The molecule has 1 rings (SSSR count). The second-order valence-electron chi connectivity index (χ2n) is 6.22. The van der Waals surface area contributed by atoms with E-state index >= 15 is 0 Å². The van der Waals surface area contributed by atoms with Gasteiger partial charge >= 0.3 is 12.0 Å². The lowest BCUT2D eigenvalue weighted by atomic mass is 10.1. The fourth-order valence-electron chi connectivity index (χ4n) is 2.51. The first kappa shape index (κ1) is 20.4. The summed E-state index contributed by atoms with van der Waals surface area (Å²) in [6.45, 7) is 8.69.